The summed E-state index contributed by atoms with van der Waals surface area (Å²) in [7, 11) is 3.12. The fraction of sp³-hybridized carbons (Fsp3) is 0.312. The van der Waals surface area contributed by atoms with E-state index in [1.165, 1.54) is 0 Å². The van der Waals surface area contributed by atoms with Gasteiger partial charge in [0.05, 0.1) is 14.2 Å². The number of nitrogens with zero attached hydrogens (tertiary/aromatic N) is 1. The molecular weight excluding hydrogens is 330 g/mol. The number of thiazole rings is 1. The predicted octanol–water partition coefficient (Wildman–Crippen LogP) is 1.84. The Bertz CT molecular complexity index is 730. The number of aromatic nitrogens is 1. The molecule has 2 rings (SSSR count). The first kappa shape index (κ1) is 17.7. The fourth-order valence-corrected chi connectivity index (χ4v) is 2.70. The second-order valence-electron chi connectivity index (χ2n) is 4.77. The summed E-state index contributed by atoms with van der Waals surface area (Å²) in [5.41, 5.74) is 1.09. The van der Waals surface area contributed by atoms with Crippen LogP contribution in [0.15, 0.2) is 23.6 Å². The maximum absolute atomic E-state index is 12.1. The lowest BCUT2D eigenvalue weighted by Crippen LogP contribution is -2.25. The number of nitrogens with one attached hydrogen (secondary N) is 2. The zero-order chi connectivity index (χ0) is 17.5. The molecule has 8 heteroatoms. The molecule has 0 aliphatic rings. The van der Waals surface area contributed by atoms with Crippen LogP contribution in [0.5, 0.6) is 11.5 Å². The SMILES string of the molecule is CCNC(=O)c1nc(C(=O)NCc2ccc(OC)c(OC)c2)cs1. The first-order chi connectivity index (χ1) is 11.6. The second-order valence-corrected chi connectivity index (χ2v) is 5.63. The summed E-state index contributed by atoms with van der Waals surface area (Å²) < 4.78 is 10.4. The quantitative estimate of drug-likeness (QED) is 0.796. The van der Waals surface area contributed by atoms with Gasteiger partial charge in [0.1, 0.15) is 5.69 Å². The Hall–Kier alpha value is -2.61. The van der Waals surface area contributed by atoms with Gasteiger partial charge in [-0.3, -0.25) is 9.59 Å². The molecule has 0 fully saturated rings. The van der Waals surface area contributed by atoms with Crippen LogP contribution in [0.2, 0.25) is 0 Å². The number of hydrogen-bond acceptors (Lipinski definition) is 6. The Labute approximate surface area is 144 Å². The smallest absolute Gasteiger partial charge is 0.280 e. The third-order valence-electron chi connectivity index (χ3n) is 3.17. The van der Waals surface area contributed by atoms with Crippen LogP contribution in [0, 0.1) is 0 Å². The molecule has 0 spiro atoms. The van der Waals surface area contributed by atoms with Crippen LogP contribution in [-0.2, 0) is 6.54 Å². The van der Waals surface area contributed by atoms with Crippen LogP contribution in [0.4, 0.5) is 0 Å². The van der Waals surface area contributed by atoms with Gasteiger partial charge in [-0.2, -0.15) is 0 Å². The summed E-state index contributed by atoms with van der Waals surface area (Å²) in [4.78, 5) is 27.9. The largest absolute Gasteiger partial charge is 0.493 e. The van der Waals surface area contributed by atoms with Crippen LogP contribution < -0.4 is 20.1 Å². The molecule has 128 valence electrons. The molecule has 7 nitrogen and oxygen atoms in total. The summed E-state index contributed by atoms with van der Waals surface area (Å²) in [6.45, 7) is 2.65. The van der Waals surface area contributed by atoms with Gasteiger partial charge in [-0.05, 0) is 24.6 Å². The maximum Gasteiger partial charge on any atom is 0.280 e. The lowest BCUT2D eigenvalue weighted by atomic mass is 10.2. The van der Waals surface area contributed by atoms with Gasteiger partial charge in [0.2, 0.25) is 0 Å². The minimum atomic E-state index is -0.336. The summed E-state index contributed by atoms with van der Waals surface area (Å²) in [5.74, 6) is 0.605. The molecular formula is C16H19N3O4S. The van der Waals surface area contributed by atoms with Gasteiger partial charge in [0.25, 0.3) is 11.8 Å². The van der Waals surface area contributed by atoms with E-state index in [2.05, 4.69) is 15.6 Å². The number of rotatable bonds is 7. The Morgan fingerprint density at radius 3 is 2.54 bits per heavy atom. The van der Waals surface area contributed by atoms with Gasteiger partial charge in [-0.15, -0.1) is 11.3 Å². The topological polar surface area (TPSA) is 89.6 Å². The molecule has 24 heavy (non-hydrogen) atoms. The molecule has 0 radical (unpaired) electrons. The molecule has 2 aromatic rings. The summed E-state index contributed by atoms with van der Waals surface area (Å²) in [6, 6.07) is 5.40. The van der Waals surface area contributed by atoms with E-state index >= 15 is 0 Å². The molecule has 0 saturated carbocycles. The number of carbonyl (C=O) groups is 2. The highest BCUT2D eigenvalue weighted by atomic mass is 32.1. The fourth-order valence-electron chi connectivity index (χ4n) is 1.98. The molecule has 1 aromatic carbocycles. The molecule has 0 saturated heterocycles. The zero-order valence-electron chi connectivity index (χ0n) is 13.7. The maximum atomic E-state index is 12.1. The number of benzene rings is 1. The van der Waals surface area contributed by atoms with Crippen molar-refractivity contribution in [2.45, 2.75) is 13.5 Å². The highest BCUT2D eigenvalue weighted by molar-refractivity contribution is 7.11. The molecule has 0 unspecified atom stereocenters. The first-order valence-corrected chi connectivity index (χ1v) is 8.19. The van der Waals surface area contributed by atoms with E-state index < -0.39 is 0 Å². The van der Waals surface area contributed by atoms with Crippen molar-refractivity contribution in [3.05, 3.63) is 39.8 Å². The van der Waals surface area contributed by atoms with Crippen LogP contribution >= 0.6 is 11.3 Å². The van der Waals surface area contributed by atoms with E-state index in [4.69, 9.17) is 9.47 Å². The minimum absolute atomic E-state index is 0.224. The average molecular weight is 349 g/mol. The third-order valence-corrected chi connectivity index (χ3v) is 4.01. The number of hydrogen-bond donors (Lipinski definition) is 2. The summed E-state index contributed by atoms with van der Waals surface area (Å²) >= 11 is 1.14. The van der Waals surface area contributed by atoms with Gasteiger partial charge >= 0.3 is 0 Å². The highest BCUT2D eigenvalue weighted by Crippen LogP contribution is 2.27. The number of amides is 2. The van der Waals surface area contributed by atoms with E-state index in [1.807, 2.05) is 13.0 Å². The van der Waals surface area contributed by atoms with Gasteiger partial charge in [0, 0.05) is 18.5 Å². The van der Waals surface area contributed by atoms with Crippen LogP contribution in [0.25, 0.3) is 0 Å². The monoisotopic (exact) mass is 349 g/mol. The summed E-state index contributed by atoms with van der Waals surface area (Å²) in [5, 5.41) is 7.25. The minimum Gasteiger partial charge on any atom is -0.493 e. The zero-order valence-corrected chi connectivity index (χ0v) is 14.5. The van der Waals surface area contributed by atoms with Gasteiger partial charge < -0.3 is 20.1 Å². The normalized spacial score (nSPS) is 10.1. The third kappa shape index (κ3) is 4.23. The van der Waals surface area contributed by atoms with Crippen LogP contribution in [0.1, 0.15) is 32.8 Å². The van der Waals surface area contributed by atoms with Crippen molar-refractivity contribution in [1.29, 1.82) is 0 Å². The van der Waals surface area contributed by atoms with E-state index in [0.29, 0.717) is 24.6 Å². The molecule has 0 aliphatic carbocycles. The standard InChI is InChI=1S/C16H19N3O4S/c1-4-17-15(21)16-19-11(9-24-16)14(20)18-8-10-5-6-12(22-2)13(7-10)23-3/h5-7,9H,4,8H2,1-3H3,(H,17,21)(H,18,20). The van der Waals surface area contributed by atoms with Crippen molar-refractivity contribution in [3.8, 4) is 11.5 Å². The van der Waals surface area contributed by atoms with Crippen LogP contribution in [0.3, 0.4) is 0 Å². The highest BCUT2D eigenvalue weighted by Gasteiger charge is 2.15. The van der Waals surface area contributed by atoms with Crippen molar-refractivity contribution in [1.82, 2.24) is 15.6 Å². The molecule has 2 N–H and O–H groups in total. The lowest BCUT2D eigenvalue weighted by molar-refractivity contribution is 0.0946. The van der Waals surface area contributed by atoms with Crippen molar-refractivity contribution >= 4 is 23.2 Å². The van der Waals surface area contributed by atoms with E-state index in [9.17, 15) is 9.59 Å². The van der Waals surface area contributed by atoms with Gasteiger partial charge in [-0.25, -0.2) is 4.98 Å². The molecule has 1 aromatic heterocycles. The Morgan fingerprint density at radius 1 is 1.12 bits per heavy atom. The van der Waals surface area contributed by atoms with Crippen molar-refractivity contribution in [3.63, 3.8) is 0 Å². The Balaban J connectivity index is 1.99. The molecule has 0 bridgehead atoms. The Morgan fingerprint density at radius 2 is 1.88 bits per heavy atom. The number of ether oxygens (including phenoxy) is 2. The van der Waals surface area contributed by atoms with E-state index in [1.54, 1.807) is 31.7 Å². The van der Waals surface area contributed by atoms with Crippen molar-refractivity contribution in [2.75, 3.05) is 20.8 Å². The van der Waals surface area contributed by atoms with Crippen LogP contribution in [-0.4, -0.2) is 37.6 Å². The van der Waals surface area contributed by atoms with Gasteiger partial charge in [0.15, 0.2) is 16.5 Å². The van der Waals surface area contributed by atoms with Gasteiger partial charge in [-0.1, -0.05) is 6.07 Å². The van der Waals surface area contributed by atoms with E-state index in [-0.39, 0.29) is 22.5 Å². The lowest BCUT2D eigenvalue weighted by Gasteiger charge is -2.10. The van der Waals surface area contributed by atoms with Crippen molar-refractivity contribution < 1.29 is 19.1 Å². The average Bonchev–Trinajstić information content (AvgIpc) is 3.10. The molecule has 1 heterocycles. The van der Waals surface area contributed by atoms with E-state index in [0.717, 1.165) is 16.9 Å². The molecule has 2 amide bonds. The Kier molecular flexibility index (Phi) is 6.14. The number of carbonyl (C=O) groups excluding carboxylic acids is 2. The predicted molar refractivity (Wildman–Crippen MR) is 90.8 cm³/mol. The van der Waals surface area contributed by atoms with Crippen molar-refractivity contribution in [2.24, 2.45) is 0 Å². The summed E-state index contributed by atoms with van der Waals surface area (Å²) in [6.07, 6.45) is 0. The molecule has 0 aliphatic heterocycles. The molecule has 0 atom stereocenters. The first-order valence-electron chi connectivity index (χ1n) is 7.31. The number of methoxy groups -OCH3 is 2. The second kappa shape index (κ2) is 8.30.